The minimum atomic E-state index is -0.413. The van der Waals surface area contributed by atoms with Crippen molar-refractivity contribution in [3.8, 4) is 6.07 Å². The molecule has 2 aromatic rings. The topological polar surface area (TPSA) is 61.2 Å². The number of amides is 1. The number of fused-ring (bicyclic) bond motifs is 3. The van der Waals surface area contributed by atoms with Crippen molar-refractivity contribution in [1.29, 1.82) is 5.26 Å². The predicted molar refractivity (Wildman–Crippen MR) is 155 cm³/mol. The van der Waals surface area contributed by atoms with Crippen molar-refractivity contribution in [1.82, 2.24) is 4.90 Å². The predicted octanol–water partition coefficient (Wildman–Crippen LogP) is 8.09. The van der Waals surface area contributed by atoms with Crippen molar-refractivity contribution in [3.63, 3.8) is 0 Å². The standard InChI is InChI=1S/C33H34Cl2N2O2/c1-21-27(10-5-15-36)28-12-11-24-20-37(19-23-7-4-9-26(35)17-23)30(38)13-14-33(24,2)31(28)32(39)29(21)18-22-6-3-8-25(34)16-22/h3-4,6-9,16-17,20,27-28,31H,5,10-14,18-19H2,1-2H3. The summed E-state index contributed by atoms with van der Waals surface area (Å²) >= 11 is 12.5. The number of halogens is 2. The molecule has 6 heteroatoms. The summed E-state index contributed by atoms with van der Waals surface area (Å²) in [5.41, 5.74) is 4.76. The maximum atomic E-state index is 14.4. The first-order chi connectivity index (χ1) is 18.7. The maximum Gasteiger partial charge on any atom is 0.226 e. The Hall–Kier alpha value is -2.87. The Morgan fingerprint density at radius 1 is 1.05 bits per heavy atom. The Kier molecular flexibility index (Phi) is 8.04. The van der Waals surface area contributed by atoms with Crippen LogP contribution >= 0.6 is 23.2 Å². The molecule has 1 saturated carbocycles. The zero-order valence-corrected chi connectivity index (χ0v) is 24.1. The normalized spacial score (nSPS) is 26.9. The fourth-order valence-electron chi connectivity index (χ4n) is 7.28. The quantitative estimate of drug-likeness (QED) is 0.358. The van der Waals surface area contributed by atoms with Crippen molar-refractivity contribution in [2.75, 3.05) is 0 Å². The lowest BCUT2D eigenvalue weighted by atomic mass is 9.50. The van der Waals surface area contributed by atoms with E-state index in [1.54, 1.807) is 0 Å². The fraction of sp³-hybridized carbons (Fsp3) is 0.424. The molecule has 4 unspecified atom stereocenters. The molecule has 0 bridgehead atoms. The summed E-state index contributed by atoms with van der Waals surface area (Å²) < 4.78 is 0. The summed E-state index contributed by atoms with van der Waals surface area (Å²) in [5, 5.41) is 10.7. The second-order valence-corrected chi connectivity index (χ2v) is 12.4. The molecule has 202 valence electrons. The lowest BCUT2D eigenvalue weighted by Gasteiger charge is -2.52. The van der Waals surface area contributed by atoms with Crippen molar-refractivity contribution in [2.24, 2.45) is 23.2 Å². The van der Waals surface area contributed by atoms with Gasteiger partial charge in [-0.25, -0.2) is 0 Å². The fourth-order valence-corrected chi connectivity index (χ4v) is 7.71. The van der Waals surface area contributed by atoms with Crippen molar-refractivity contribution < 1.29 is 9.59 Å². The molecule has 5 rings (SSSR count). The van der Waals surface area contributed by atoms with Crippen LogP contribution < -0.4 is 0 Å². The maximum absolute atomic E-state index is 14.4. The zero-order chi connectivity index (χ0) is 27.7. The summed E-state index contributed by atoms with van der Waals surface area (Å²) in [6, 6.07) is 17.7. The van der Waals surface area contributed by atoms with Crippen LogP contribution in [-0.2, 0) is 22.6 Å². The van der Waals surface area contributed by atoms with E-state index in [1.165, 1.54) is 5.57 Å². The van der Waals surface area contributed by atoms with Gasteiger partial charge in [0.2, 0.25) is 5.91 Å². The van der Waals surface area contributed by atoms with Gasteiger partial charge >= 0.3 is 0 Å². The molecule has 1 fully saturated rings. The Balaban J connectivity index is 1.53. The van der Waals surface area contributed by atoms with Gasteiger partial charge in [-0.3, -0.25) is 9.59 Å². The number of benzene rings is 2. The number of Topliss-reactive ketones (excluding diaryl/α,β-unsaturated/α-hetero) is 1. The van der Waals surface area contributed by atoms with Crippen molar-refractivity contribution >= 4 is 34.9 Å². The molecule has 0 saturated heterocycles. The smallest absolute Gasteiger partial charge is 0.226 e. The first-order valence-corrected chi connectivity index (χ1v) is 14.6. The molecular weight excluding hydrogens is 527 g/mol. The molecule has 0 N–H and O–H groups in total. The summed E-state index contributed by atoms with van der Waals surface area (Å²) in [4.78, 5) is 29.6. The number of nitrogens with zero attached hydrogens (tertiary/aromatic N) is 2. The van der Waals surface area contributed by atoms with E-state index >= 15 is 0 Å². The second-order valence-electron chi connectivity index (χ2n) is 11.5. The van der Waals surface area contributed by atoms with Gasteiger partial charge in [0.05, 0.1) is 12.6 Å². The molecule has 0 aromatic heterocycles. The number of carbonyl (C=O) groups excluding carboxylic acids is 2. The van der Waals surface area contributed by atoms with Gasteiger partial charge in [0.25, 0.3) is 0 Å². The largest absolute Gasteiger partial charge is 0.315 e. The Morgan fingerprint density at radius 3 is 2.44 bits per heavy atom. The van der Waals surface area contributed by atoms with Gasteiger partial charge < -0.3 is 4.90 Å². The summed E-state index contributed by atoms with van der Waals surface area (Å²) in [5.74, 6) is 0.421. The van der Waals surface area contributed by atoms with E-state index < -0.39 is 5.41 Å². The Labute approximate surface area is 241 Å². The Bertz CT molecular complexity index is 1400. The van der Waals surface area contributed by atoms with Crippen LogP contribution in [0.5, 0.6) is 0 Å². The molecule has 0 radical (unpaired) electrons. The van der Waals surface area contributed by atoms with Crippen LogP contribution in [0.4, 0.5) is 0 Å². The van der Waals surface area contributed by atoms with Gasteiger partial charge in [-0.05, 0) is 91.0 Å². The van der Waals surface area contributed by atoms with Crippen LogP contribution in [-0.4, -0.2) is 16.6 Å². The van der Waals surface area contributed by atoms with E-state index in [0.29, 0.717) is 42.3 Å². The zero-order valence-electron chi connectivity index (χ0n) is 22.6. The van der Waals surface area contributed by atoms with Gasteiger partial charge in [0.15, 0.2) is 5.78 Å². The average Bonchev–Trinajstić information content (AvgIpc) is 3.02. The summed E-state index contributed by atoms with van der Waals surface area (Å²) in [7, 11) is 0. The highest BCUT2D eigenvalue weighted by atomic mass is 35.5. The monoisotopic (exact) mass is 560 g/mol. The number of hydrogen-bond acceptors (Lipinski definition) is 3. The minimum Gasteiger partial charge on any atom is -0.315 e. The number of hydrogen-bond donors (Lipinski definition) is 0. The number of ketones is 1. The average molecular weight is 562 g/mol. The van der Waals surface area contributed by atoms with Gasteiger partial charge in [-0.15, -0.1) is 0 Å². The van der Waals surface area contributed by atoms with Crippen molar-refractivity contribution in [3.05, 3.63) is 92.6 Å². The molecule has 2 aliphatic carbocycles. The minimum absolute atomic E-state index is 0.0739. The van der Waals surface area contributed by atoms with Crippen LogP contribution in [0, 0.1) is 34.5 Å². The molecule has 39 heavy (non-hydrogen) atoms. The third-order valence-electron chi connectivity index (χ3n) is 9.29. The van der Waals surface area contributed by atoms with E-state index in [2.05, 4.69) is 19.9 Å². The number of rotatable bonds is 6. The SMILES string of the molecule is CC1=C(Cc2cccc(Cl)c2)C(=O)C2C(CCC3=CN(Cc4cccc(Cl)c4)C(=O)CCC32C)C1CCC#N. The third-order valence-corrected chi connectivity index (χ3v) is 9.76. The number of nitriles is 1. The highest BCUT2D eigenvalue weighted by Gasteiger charge is 2.54. The number of allylic oxidation sites excluding steroid dienone is 3. The van der Waals surface area contributed by atoms with Gasteiger partial charge in [-0.2, -0.15) is 5.26 Å². The second kappa shape index (κ2) is 11.3. The van der Waals surface area contributed by atoms with Crippen LogP contribution in [0.2, 0.25) is 10.0 Å². The molecule has 4 atom stereocenters. The van der Waals surface area contributed by atoms with Crippen LogP contribution in [0.25, 0.3) is 0 Å². The van der Waals surface area contributed by atoms with E-state index in [9.17, 15) is 14.9 Å². The molecular formula is C33H34Cl2N2O2. The van der Waals surface area contributed by atoms with E-state index in [1.807, 2.05) is 59.6 Å². The first kappa shape index (κ1) is 27.7. The lowest BCUT2D eigenvalue weighted by molar-refractivity contribution is -0.131. The van der Waals surface area contributed by atoms with E-state index in [0.717, 1.165) is 41.5 Å². The summed E-state index contributed by atoms with van der Waals surface area (Å²) in [6.07, 6.45) is 6.56. The molecule has 1 aliphatic heterocycles. The van der Waals surface area contributed by atoms with E-state index in [4.69, 9.17) is 23.2 Å². The molecule has 0 spiro atoms. The molecule has 4 nitrogen and oxygen atoms in total. The van der Waals surface area contributed by atoms with Gasteiger partial charge in [-0.1, -0.05) is 60.0 Å². The molecule has 1 heterocycles. The van der Waals surface area contributed by atoms with Crippen molar-refractivity contribution in [2.45, 2.75) is 65.3 Å². The van der Waals surface area contributed by atoms with Gasteiger partial charge in [0, 0.05) is 46.8 Å². The first-order valence-electron chi connectivity index (χ1n) is 13.8. The van der Waals surface area contributed by atoms with E-state index in [-0.39, 0.29) is 29.4 Å². The highest BCUT2D eigenvalue weighted by molar-refractivity contribution is 6.30. The van der Waals surface area contributed by atoms with Crippen LogP contribution in [0.1, 0.15) is 63.5 Å². The van der Waals surface area contributed by atoms with Gasteiger partial charge in [0.1, 0.15) is 0 Å². The Morgan fingerprint density at radius 2 is 1.74 bits per heavy atom. The third kappa shape index (κ3) is 5.45. The lowest BCUT2D eigenvalue weighted by Crippen LogP contribution is -2.49. The molecule has 3 aliphatic rings. The summed E-state index contributed by atoms with van der Waals surface area (Å²) in [6.45, 7) is 4.75. The molecule has 1 amide bonds. The van der Waals surface area contributed by atoms with Crippen LogP contribution in [0.15, 0.2) is 71.5 Å². The highest BCUT2D eigenvalue weighted by Crippen LogP contribution is 2.58. The number of carbonyl (C=O) groups is 2. The molecule has 2 aromatic carbocycles. The van der Waals surface area contributed by atoms with Crippen LogP contribution in [0.3, 0.4) is 0 Å².